The second kappa shape index (κ2) is 10.6. The molecule has 0 spiro atoms. The molecule has 0 aliphatic heterocycles. The highest BCUT2D eigenvalue weighted by molar-refractivity contribution is 7.85. The highest BCUT2D eigenvalue weighted by atomic mass is 32.2. The Bertz CT molecular complexity index is 1580. The quantitative estimate of drug-likeness (QED) is 0.239. The molecule has 0 aliphatic carbocycles. The number of nitrogens with one attached hydrogen (secondary N) is 1. The van der Waals surface area contributed by atoms with Crippen molar-refractivity contribution in [1.29, 1.82) is 0 Å². The molecule has 0 unspecified atom stereocenters. The molecule has 0 fully saturated rings. The molecule has 6 heteroatoms. The van der Waals surface area contributed by atoms with Crippen molar-refractivity contribution in [3.05, 3.63) is 109 Å². The summed E-state index contributed by atoms with van der Waals surface area (Å²) in [7, 11) is -4.02. The number of ether oxygens (including phenoxy) is 1. The van der Waals surface area contributed by atoms with Crippen LogP contribution in [0.5, 0.6) is 5.75 Å². The number of hydrogen-bond donors (Lipinski definition) is 2. The van der Waals surface area contributed by atoms with Gasteiger partial charge in [-0.3, -0.25) is 4.55 Å². The summed E-state index contributed by atoms with van der Waals surface area (Å²) >= 11 is 0. The molecule has 190 valence electrons. The third kappa shape index (κ3) is 6.67. The smallest absolute Gasteiger partial charge is 0.294 e. The van der Waals surface area contributed by atoms with Crippen LogP contribution >= 0.6 is 0 Å². The lowest BCUT2D eigenvalue weighted by Crippen LogP contribution is -2.22. The molecule has 0 saturated carbocycles. The van der Waals surface area contributed by atoms with Gasteiger partial charge >= 0.3 is 0 Å². The van der Waals surface area contributed by atoms with E-state index in [-0.39, 0.29) is 10.5 Å². The van der Waals surface area contributed by atoms with Crippen LogP contribution in [-0.2, 0) is 10.1 Å². The monoisotopic (exact) mass is 513 g/mol. The van der Waals surface area contributed by atoms with Gasteiger partial charge in [-0.2, -0.15) is 8.42 Å². The zero-order valence-corrected chi connectivity index (χ0v) is 22.2. The number of rotatable bonds is 4. The van der Waals surface area contributed by atoms with Crippen LogP contribution in [0.4, 0.5) is 0 Å². The minimum Gasteiger partial charge on any atom is -0.488 e. The topological polar surface area (TPSA) is 79.4 Å². The van der Waals surface area contributed by atoms with Crippen molar-refractivity contribution >= 4 is 21.0 Å². The average Bonchev–Trinajstić information content (AvgIpc) is 3.24. The summed E-state index contributed by atoms with van der Waals surface area (Å²) in [6.07, 6.45) is 0. The van der Waals surface area contributed by atoms with Gasteiger partial charge in [-0.25, -0.2) is 0 Å². The summed E-state index contributed by atoms with van der Waals surface area (Å²) in [6, 6.07) is 33.3. The molecule has 0 bridgehead atoms. The molecular formula is C31H31NO4S. The lowest BCUT2D eigenvalue weighted by molar-refractivity contribution is 0.131. The summed E-state index contributed by atoms with van der Waals surface area (Å²) in [4.78, 5) is 3.53. The van der Waals surface area contributed by atoms with E-state index in [0.717, 1.165) is 22.5 Å². The van der Waals surface area contributed by atoms with Gasteiger partial charge in [0.15, 0.2) is 0 Å². The Morgan fingerprint density at radius 2 is 1.32 bits per heavy atom. The summed E-state index contributed by atoms with van der Waals surface area (Å²) in [5.41, 5.74) is 6.66. The molecule has 2 N–H and O–H groups in total. The second-order valence-electron chi connectivity index (χ2n) is 9.81. The zero-order valence-electron chi connectivity index (χ0n) is 21.4. The fourth-order valence-corrected chi connectivity index (χ4v) is 4.50. The van der Waals surface area contributed by atoms with Crippen LogP contribution in [0, 0.1) is 6.92 Å². The van der Waals surface area contributed by atoms with Crippen LogP contribution in [0.1, 0.15) is 26.3 Å². The van der Waals surface area contributed by atoms with Gasteiger partial charge in [0.1, 0.15) is 11.4 Å². The molecular weight excluding hydrogens is 482 g/mol. The third-order valence-corrected chi connectivity index (χ3v) is 6.52. The number of fused-ring (bicyclic) bond motifs is 1. The largest absolute Gasteiger partial charge is 0.488 e. The van der Waals surface area contributed by atoms with Gasteiger partial charge in [0, 0.05) is 16.5 Å². The Morgan fingerprint density at radius 1 is 0.730 bits per heavy atom. The maximum Gasteiger partial charge on any atom is 0.294 e. The van der Waals surface area contributed by atoms with Gasteiger partial charge in [-0.05, 0) is 69.2 Å². The van der Waals surface area contributed by atoms with Crippen molar-refractivity contribution in [1.82, 2.24) is 4.98 Å². The molecule has 5 nitrogen and oxygen atoms in total. The summed E-state index contributed by atoms with van der Waals surface area (Å²) in [5, 5.41) is 1.23. The molecule has 0 amide bonds. The van der Waals surface area contributed by atoms with Gasteiger partial charge in [0.05, 0.1) is 10.6 Å². The first-order chi connectivity index (χ1) is 17.5. The number of hydrogen-bond acceptors (Lipinski definition) is 3. The fraction of sp³-hybridized carbons (Fsp3) is 0.161. The Kier molecular flexibility index (Phi) is 7.52. The average molecular weight is 514 g/mol. The minimum absolute atomic E-state index is 0.0666. The Labute approximate surface area is 218 Å². The van der Waals surface area contributed by atoms with E-state index in [9.17, 15) is 8.42 Å². The fourth-order valence-electron chi connectivity index (χ4n) is 4.02. The van der Waals surface area contributed by atoms with Crippen molar-refractivity contribution in [3.63, 3.8) is 0 Å². The summed E-state index contributed by atoms with van der Waals surface area (Å²) in [6.45, 7) is 8.03. The van der Waals surface area contributed by atoms with E-state index in [2.05, 4.69) is 98.6 Å². The lowest BCUT2D eigenvalue weighted by atomic mass is 9.98. The van der Waals surface area contributed by atoms with E-state index >= 15 is 0 Å². The summed E-state index contributed by atoms with van der Waals surface area (Å²) < 4.78 is 35.5. The number of para-hydroxylation sites is 1. The molecule has 0 radical (unpaired) electrons. The number of aryl methyl sites for hydroxylation is 1. The maximum absolute atomic E-state index is 10.5. The van der Waals surface area contributed by atoms with Crippen molar-refractivity contribution < 1.29 is 17.7 Å². The first-order valence-corrected chi connectivity index (χ1v) is 13.4. The molecule has 0 atom stereocenters. The number of benzene rings is 4. The number of H-pyrrole nitrogens is 1. The van der Waals surface area contributed by atoms with Crippen LogP contribution < -0.4 is 4.74 Å². The van der Waals surface area contributed by atoms with Gasteiger partial charge < -0.3 is 9.72 Å². The Hall–Kier alpha value is -3.87. The second-order valence-corrected chi connectivity index (χ2v) is 11.2. The van der Waals surface area contributed by atoms with Gasteiger partial charge in [0.25, 0.3) is 10.1 Å². The van der Waals surface area contributed by atoms with E-state index in [1.54, 1.807) is 12.1 Å². The van der Waals surface area contributed by atoms with Crippen molar-refractivity contribution in [2.24, 2.45) is 0 Å². The van der Waals surface area contributed by atoms with Crippen LogP contribution in [0.3, 0.4) is 0 Å². The van der Waals surface area contributed by atoms with Crippen LogP contribution in [0.2, 0.25) is 0 Å². The maximum atomic E-state index is 10.5. The van der Waals surface area contributed by atoms with Crippen LogP contribution in [-0.4, -0.2) is 23.6 Å². The van der Waals surface area contributed by atoms with Crippen LogP contribution in [0.15, 0.2) is 108 Å². The normalized spacial score (nSPS) is 11.6. The number of aromatic nitrogens is 1. The summed E-state index contributed by atoms with van der Waals surface area (Å²) in [5.74, 6) is 0.891. The first kappa shape index (κ1) is 26.2. The predicted molar refractivity (Wildman–Crippen MR) is 151 cm³/mol. The van der Waals surface area contributed by atoms with Crippen molar-refractivity contribution in [2.75, 3.05) is 0 Å². The van der Waals surface area contributed by atoms with E-state index in [1.807, 2.05) is 13.0 Å². The van der Waals surface area contributed by atoms with Crippen molar-refractivity contribution in [2.45, 2.75) is 38.2 Å². The van der Waals surface area contributed by atoms with Gasteiger partial charge in [-0.1, -0.05) is 78.4 Å². The number of aromatic amines is 1. The van der Waals surface area contributed by atoms with Crippen molar-refractivity contribution in [3.8, 4) is 28.1 Å². The van der Waals surface area contributed by atoms with Crippen LogP contribution in [0.25, 0.3) is 33.3 Å². The van der Waals surface area contributed by atoms with E-state index in [4.69, 9.17) is 9.29 Å². The zero-order chi connectivity index (χ0) is 26.6. The standard InChI is InChI=1S/C24H23NO.C7H8O3S/c1-24(2,3)26-19-15-13-17(14-16-19)22-20-11-7-8-12-21(20)25-23(22)18-9-5-4-6-10-18;1-6-2-4-7(5-3-6)11(8,9)10/h4-16,25H,1-3H3;2-5H,1H3,(H,8,9,10). The lowest BCUT2D eigenvalue weighted by Gasteiger charge is -2.21. The minimum atomic E-state index is -4.02. The highest BCUT2D eigenvalue weighted by Crippen LogP contribution is 2.38. The highest BCUT2D eigenvalue weighted by Gasteiger charge is 2.16. The molecule has 0 saturated heterocycles. The van der Waals surface area contributed by atoms with Gasteiger partial charge in [0.2, 0.25) is 0 Å². The Balaban J connectivity index is 0.000000245. The molecule has 4 aromatic carbocycles. The molecule has 1 aromatic heterocycles. The van der Waals surface area contributed by atoms with E-state index in [0.29, 0.717) is 0 Å². The molecule has 0 aliphatic rings. The first-order valence-electron chi connectivity index (χ1n) is 12.0. The third-order valence-electron chi connectivity index (χ3n) is 5.65. The molecule has 5 aromatic rings. The molecule has 5 rings (SSSR count). The predicted octanol–water partition coefficient (Wildman–Crippen LogP) is 7.92. The molecule has 37 heavy (non-hydrogen) atoms. The van der Waals surface area contributed by atoms with Gasteiger partial charge in [-0.15, -0.1) is 0 Å². The van der Waals surface area contributed by atoms with E-state index < -0.39 is 10.1 Å². The SMILES string of the molecule is CC(C)(C)Oc1ccc(-c2c(-c3ccccc3)[nH]c3ccccc23)cc1.Cc1ccc(S(=O)(=O)O)cc1. The Morgan fingerprint density at radius 3 is 1.92 bits per heavy atom. The van der Waals surface area contributed by atoms with E-state index in [1.165, 1.54) is 34.2 Å². The molecule has 1 heterocycles.